The molecule has 1 saturated carbocycles. The molecule has 1 heterocycles. The van der Waals surface area contributed by atoms with E-state index >= 15 is 0 Å². The summed E-state index contributed by atoms with van der Waals surface area (Å²) in [5, 5.41) is 7.35. The Morgan fingerprint density at radius 1 is 1.22 bits per heavy atom. The molecule has 4 nitrogen and oxygen atoms in total. The Morgan fingerprint density at radius 3 is 2.61 bits per heavy atom. The Bertz CT molecular complexity index is 355. The van der Waals surface area contributed by atoms with E-state index in [2.05, 4.69) is 20.6 Å². The van der Waals surface area contributed by atoms with Crippen LogP contribution in [0.3, 0.4) is 0 Å². The normalized spacial score (nSPS) is 16.6. The molecular weight excluding hydrogens is 244 g/mol. The van der Waals surface area contributed by atoms with Gasteiger partial charge in [0.05, 0.1) is 0 Å². The summed E-state index contributed by atoms with van der Waals surface area (Å²) < 4.78 is 0. The largest absolute Gasteiger partial charge is 0.373 e. The van der Waals surface area contributed by atoms with Gasteiger partial charge in [0.2, 0.25) is 0 Å². The second-order valence-electron chi connectivity index (χ2n) is 4.76. The lowest BCUT2D eigenvalue weighted by atomic mass is 9.89. The van der Waals surface area contributed by atoms with Crippen LogP contribution in [-0.2, 0) is 0 Å². The van der Waals surface area contributed by atoms with E-state index in [0.29, 0.717) is 0 Å². The predicted octanol–water partition coefficient (Wildman–Crippen LogP) is 3.23. The van der Waals surface area contributed by atoms with Gasteiger partial charge < -0.3 is 10.6 Å². The van der Waals surface area contributed by atoms with Crippen molar-refractivity contribution in [2.24, 2.45) is 5.92 Å². The molecule has 1 aliphatic carbocycles. The van der Waals surface area contributed by atoms with Crippen molar-refractivity contribution in [3.63, 3.8) is 0 Å². The molecule has 1 aromatic rings. The van der Waals surface area contributed by atoms with E-state index in [4.69, 9.17) is 0 Å². The van der Waals surface area contributed by atoms with Gasteiger partial charge in [-0.1, -0.05) is 31.0 Å². The molecule has 0 aromatic carbocycles. The van der Waals surface area contributed by atoms with E-state index < -0.39 is 0 Å². The van der Waals surface area contributed by atoms with Crippen LogP contribution in [0.4, 0.5) is 11.6 Å². The Morgan fingerprint density at radius 2 is 1.94 bits per heavy atom. The summed E-state index contributed by atoms with van der Waals surface area (Å²) in [5.41, 5.74) is 0. The smallest absolute Gasteiger partial charge is 0.191 e. The van der Waals surface area contributed by atoms with Crippen LogP contribution < -0.4 is 10.6 Å². The standard InChI is InChI=1S/C13H22N4S/c1-14-11-8-12(17-13(16-11)18-2)15-9-10-6-4-3-5-7-10/h8,10H,3-7,9H2,1-2H3,(H2,14,15,16,17). The van der Waals surface area contributed by atoms with E-state index in [1.165, 1.54) is 32.1 Å². The maximum Gasteiger partial charge on any atom is 0.191 e. The van der Waals surface area contributed by atoms with Gasteiger partial charge in [-0.2, -0.15) is 0 Å². The number of thioether (sulfide) groups is 1. The molecule has 18 heavy (non-hydrogen) atoms. The first-order valence-electron chi connectivity index (χ1n) is 6.66. The second kappa shape index (κ2) is 6.83. The molecule has 5 heteroatoms. The Balaban J connectivity index is 1.94. The lowest BCUT2D eigenvalue weighted by Gasteiger charge is -2.22. The van der Waals surface area contributed by atoms with Crippen LogP contribution in [0, 0.1) is 5.92 Å². The Labute approximate surface area is 113 Å². The summed E-state index contributed by atoms with van der Waals surface area (Å²) in [6, 6.07) is 1.97. The van der Waals surface area contributed by atoms with Gasteiger partial charge >= 0.3 is 0 Å². The predicted molar refractivity (Wildman–Crippen MR) is 78.4 cm³/mol. The first kappa shape index (κ1) is 13.5. The molecule has 0 aliphatic heterocycles. The number of nitrogens with one attached hydrogen (secondary N) is 2. The molecule has 0 saturated heterocycles. The number of anilines is 2. The van der Waals surface area contributed by atoms with Crippen molar-refractivity contribution in [3.05, 3.63) is 6.07 Å². The van der Waals surface area contributed by atoms with Crippen molar-refractivity contribution >= 4 is 23.4 Å². The average molecular weight is 266 g/mol. The fraction of sp³-hybridized carbons (Fsp3) is 0.692. The summed E-state index contributed by atoms with van der Waals surface area (Å²) in [7, 11) is 1.89. The first-order chi connectivity index (χ1) is 8.81. The molecule has 1 fully saturated rings. The molecule has 0 bridgehead atoms. The number of aromatic nitrogens is 2. The topological polar surface area (TPSA) is 49.8 Å². The zero-order valence-electron chi connectivity index (χ0n) is 11.2. The van der Waals surface area contributed by atoms with Crippen LogP contribution in [0.5, 0.6) is 0 Å². The van der Waals surface area contributed by atoms with E-state index in [0.717, 1.165) is 29.3 Å². The Hall–Kier alpha value is -0.970. The zero-order valence-corrected chi connectivity index (χ0v) is 12.0. The average Bonchev–Trinajstić information content (AvgIpc) is 2.45. The van der Waals surface area contributed by atoms with Crippen LogP contribution >= 0.6 is 11.8 Å². The van der Waals surface area contributed by atoms with Gasteiger partial charge in [-0.3, -0.25) is 0 Å². The molecule has 1 aromatic heterocycles. The molecule has 0 amide bonds. The number of rotatable bonds is 5. The van der Waals surface area contributed by atoms with Crippen LogP contribution in [0.2, 0.25) is 0 Å². The highest BCUT2D eigenvalue weighted by molar-refractivity contribution is 7.98. The SMILES string of the molecule is CNc1cc(NCC2CCCCC2)nc(SC)n1. The third-order valence-corrected chi connectivity index (χ3v) is 3.99. The lowest BCUT2D eigenvalue weighted by molar-refractivity contribution is 0.373. The number of hydrogen-bond acceptors (Lipinski definition) is 5. The molecular formula is C13H22N4S. The van der Waals surface area contributed by atoms with E-state index in [-0.39, 0.29) is 0 Å². The van der Waals surface area contributed by atoms with Crippen molar-refractivity contribution in [2.75, 3.05) is 30.5 Å². The molecule has 1 aliphatic rings. The maximum absolute atomic E-state index is 4.48. The van der Waals surface area contributed by atoms with Crippen LogP contribution in [0.15, 0.2) is 11.2 Å². The minimum atomic E-state index is 0.810. The third-order valence-electron chi connectivity index (χ3n) is 3.44. The summed E-state index contributed by atoms with van der Waals surface area (Å²) >= 11 is 1.57. The fourth-order valence-electron chi connectivity index (χ4n) is 2.38. The molecule has 2 rings (SSSR count). The molecule has 0 atom stereocenters. The number of nitrogens with zero attached hydrogens (tertiary/aromatic N) is 2. The molecule has 2 N–H and O–H groups in total. The monoisotopic (exact) mass is 266 g/mol. The van der Waals surface area contributed by atoms with Gasteiger partial charge in [0.15, 0.2) is 5.16 Å². The van der Waals surface area contributed by atoms with Crippen molar-refractivity contribution in [3.8, 4) is 0 Å². The fourth-order valence-corrected chi connectivity index (χ4v) is 2.75. The van der Waals surface area contributed by atoms with E-state index in [9.17, 15) is 0 Å². The second-order valence-corrected chi connectivity index (χ2v) is 5.53. The van der Waals surface area contributed by atoms with Gasteiger partial charge in [-0.15, -0.1) is 0 Å². The minimum absolute atomic E-state index is 0.810. The van der Waals surface area contributed by atoms with Crippen LogP contribution in [-0.4, -0.2) is 29.8 Å². The minimum Gasteiger partial charge on any atom is -0.373 e. The number of hydrogen-bond donors (Lipinski definition) is 2. The summed E-state index contributed by atoms with van der Waals surface area (Å²) in [6.45, 7) is 1.04. The maximum atomic E-state index is 4.48. The summed E-state index contributed by atoms with van der Waals surface area (Å²) in [4.78, 5) is 8.85. The first-order valence-corrected chi connectivity index (χ1v) is 7.89. The van der Waals surface area contributed by atoms with E-state index in [1.54, 1.807) is 11.8 Å². The van der Waals surface area contributed by atoms with Gasteiger partial charge in [-0.25, -0.2) is 9.97 Å². The quantitative estimate of drug-likeness (QED) is 0.633. The van der Waals surface area contributed by atoms with Gasteiger partial charge in [0.1, 0.15) is 11.6 Å². The van der Waals surface area contributed by atoms with Crippen molar-refractivity contribution in [1.29, 1.82) is 0 Å². The summed E-state index contributed by atoms with van der Waals surface area (Å²) in [5.74, 6) is 2.62. The van der Waals surface area contributed by atoms with Gasteiger partial charge in [0, 0.05) is 19.7 Å². The van der Waals surface area contributed by atoms with Crippen molar-refractivity contribution in [1.82, 2.24) is 9.97 Å². The Kier molecular flexibility index (Phi) is 5.11. The lowest BCUT2D eigenvalue weighted by Crippen LogP contribution is -2.18. The summed E-state index contributed by atoms with van der Waals surface area (Å²) in [6.07, 6.45) is 8.88. The van der Waals surface area contributed by atoms with Crippen molar-refractivity contribution < 1.29 is 0 Å². The highest BCUT2D eigenvalue weighted by Gasteiger charge is 2.13. The van der Waals surface area contributed by atoms with E-state index in [1.807, 2.05) is 19.4 Å². The van der Waals surface area contributed by atoms with Gasteiger partial charge in [-0.05, 0) is 25.0 Å². The van der Waals surface area contributed by atoms with Crippen LogP contribution in [0.25, 0.3) is 0 Å². The van der Waals surface area contributed by atoms with Crippen LogP contribution in [0.1, 0.15) is 32.1 Å². The van der Waals surface area contributed by atoms with Crippen molar-refractivity contribution in [2.45, 2.75) is 37.3 Å². The molecule has 0 radical (unpaired) electrons. The highest BCUT2D eigenvalue weighted by atomic mass is 32.2. The third kappa shape index (κ3) is 3.77. The highest BCUT2D eigenvalue weighted by Crippen LogP contribution is 2.24. The molecule has 100 valence electrons. The molecule has 0 spiro atoms. The zero-order chi connectivity index (χ0) is 12.8. The van der Waals surface area contributed by atoms with Gasteiger partial charge in [0.25, 0.3) is 0 Å². The molecule has 0 unspecified atom stereocenters.